The fourth-order valence-corrected chi connectivity index (χ4v) is 3.20. The predicted octanol–water partition coefficient (Wildman–Crippen LogP) is 2.11. The number of nitrogens with zero attached hydrogens (tertiary/aromatic N) is 3. The first-order valence-electron chi connectivity index (χ1n) is 6.27. The number of halogens is 3. The molecule has 0 amide bonds. The van der Waals surface area contributed by atoms with E-state index < -0.39 is 26.9 Å². The SMILES string of the molecule is Cn1nc(C(F)(F)F)cc1S(=O)(=O)Nc1nocc1C1CC1. The fraction of sp³-hybridized carbons (Fsp3) is 0.455. The maximum atomic E-state index is 12.6. The molecule has 1 N–H and O–H groups in total. The molecular formula is C11H11F3N4O3S. The van der Waals surface area contributed by atoms with Crippen LogP contribution in [0.3, 0.4) is 0 Å². The molecule has 0 aliphatic heterocycles. The van der Waals surface area contributed by atoms with Gasteiger partial charge in [0.1, 0.15) is 6.26 Å². The van der Waals surface area contributed by atoms with Gasteiger partial charge in [0, 0.05) is 18.7 Å². The first kappa shape index (κ1) is 14.9. The molecule has 1 saturated carbocycles. The third-order valence-corrected chi connectivity index (χ3v) is 4.64. The lowest BCUT2D eigenvalue weighted by Gasteiger charge is -2.06. The van der Waals surface area contributed by atoms with Crippen LogP contribution >= 0.6 is 0 Å². The van der Waals surface area contributed by atoms with Gasteiger partial charge in [-0.25, -0.2) is 0 Å². The van der Waals surface area contributed by atoms with Crippen molar-refractivity contribution < 1.29 is 26.1 Å². The second-order valence-electron chi connectivity index (χ2n) is 4.99. The van der Waals surface area contributed by atoms with Gasteiger partial charge in [0.05, 0.1) is 0 Å². The quantitative estimate of drug-likeness (QED) is 0.923. The molecule has 1 fully saturated rings. The van der Waals surface area contributed by atoms with Crippen LogP contribution in [0.25, 0.3) is 0 Å². The van der Waals surface area contributed by atoms with Crippen LogP contribution in [0.4, 0.5) is 19.0 Å². The molecule has 0 bridgehead atoms. The summed E-state index contributed by atoms with van der Waals surface area (Å²) < 4.78 is 69.8. The molecule has 2 heterocycles. The van der Waals surface area contributed by atoms with Crippen molar-refractivity contribution in [3.8, 4) is 0 Å². The van der Waals surface area contributed by atoms with Gasteiger partial charge < -0.3 is 4.52 Å². The maximum Gasteiger partial charge on any atom is 0.435 e. The van der Waals surface area contributed by atoms with E-state index in [1.54, 1.807) is 0 Å². The van der Waals surface area contributed by atoms with E-state index in [0.717, 1.165) is 19.9 Å². The molecule has 2 aromatic rings. The summed E-state index contributed by atoms with van der Waals surface area (Å²) in [5.41, 5.74) is -0.681. The van der Waals surface area contributed by atoms with Crippen molar-refractivity contribution in [2.75, 3.05) is 4.72 Å². The van der Waals surface area contributed by atoms with E-state index >= 15 is 0 Å². The first-order valence-corrected chi connectivity index (χ1v) is 7.75. The number of hydrogen-bond acceptors (Lipinski definition) is 5. The second kappa shape index (κ2) is 4.73. The van der Waals surface area contributed by atoms with E-state index in [4.69, 9.17) is 4.52 Å². The van der Waals surface area contributed by atoms with Gasteiger partial charge in [-0.15, -0.1) is 0 Å². The van der Waals surface area contributed by atoms with Crippen LogP contribution in [-0.4, -0.2) is 23.4 Å². The van der Waals surface area contributed by atoms with E-state index in [2.05, 4.69) is 15.0 Å². The second-order valence-corrected chi connectivity index (χ2v) is 6.62. The zero-order valence-corrected chi connectivity index (χ0v) is 12.1. The molecule has 22 heavy (non-hydrogen) atoms. The molecule has 120 valence electrons. The van der Waals surface area contributed by atoms with Gasteiger partial charge in [-0.3, -0.25) is 9.40 Å². The molecule has 0 atom stereocenters. The molecule has 11 heteroatoms. The largest absolute Gasteiger partial charge is 0.435 e. The Kier molecular flexibility index (Phi) is 3.20. The molecule has 2 aromatic heterocycles. The smallest absolute Gasteiger partial charge is 0.362 e. The lowest BCUT2D eigenvalue weighted by atomic mass is 10.2. The van der Waals surface area contributed by atoms with E-state index in [9.17, 15) is 21.6 Å². The Labute approximate surface area is 123 Å². The van der Waals surface area contributed by atoms with Gasteiger partial charge in [0.2, 0.25) is 0 Å². The average Bonchev–Trinajstić information content (AvgIpc) is 2.98. The number of alkyl halides is 3. The molecule has 7 nitrogen and oxygen atoms in total. The standard InChI is InChI=1S/C11H11F3N4O3S/c1-18-9(4-8(15-18)11(12,13)14)22(19,20)17-10-7(5-21-16-10)6-2-3-6/h4-6H,2-3H2,1H3,(H,16,17). The number of sulfonamides is 1. The van der Waals surface area contributed by atoms with Crippen LogP contribution in [-0.2, 0) is 23.2 Å². The van der Waals surface area contributed by atoms with E-state index in [-0.39, 0.29) is 11.7 Å². The number of aromatic nitrogens is 3. The van der Waals surface area contributed by atoms with Crippen molar-refractivity contribution in [1.82, 2.24) is 14.9 Å². The molecule has 3 rings (SSSR count). The lowest BCUT2D eigenvalue weighted by molar-refractivity contribution is -0.141. The van der Waals surface area contributed by atoms with Crippen molar-refractivity contribution in [2.45, 2.75) is 30.0 Å². The Morgan fingerprint density at radius 3 is 2.64 bits per heavy atom. The highest BCUT2D eigenvalue weighted by Gasteiger charge is 2.37. The zero-order valence-electron chi connectivity index (χ0n) is 11.3. The number of hydrogen-bond donors (Lipinski definition) is 1. The fourth-order valence-electron chi connectivity index (χ4n) is 2.03. The highest BCUT2D eigenvalue weighted by atomic mass is 32.2. The average molecular weight is 336 g/mol. The minimum absolute atomic E-state index is 0.00254. The normalized spacial score (nSPS) is 16.0. The molecular weight excluding hydrogens is 325 g/mol. The summed E-state index contributed by atoms with van der Waals surface area (Å²) in [4.78, 5) is 0. The molecule has 0 saturated heterocycles. The number of aryl methyl sites for hydroxylation is 1. The van der Waals surface area contributed by atoms with Crippen molar-refractivity contribution >= 4 is 15.8 Å². The Hall–Kier alpha value is -2.04. The van der Waals surface area contributed by atoms with Gasteiger partial charge in [0.25, 0.3) is 10.0 Å². The summed E-state index contributed by atoms with van der Waals surface area (Å²) in [6, 6.07) is 0.471. The van der Waals surface area contributed by atoms with Gasteiger partial charge in [-0.2, -0.15) is 26.7 Å². The summed E-state index contributed by atoms with van der Waals surface area (Å²) in [7, 11) is -3.13. The van der Waals surface area contributed by atoms with Crippen LogP contribution in [0.5, 0.6) is 0 Å². The first-order chi connectivity index (χ1) is 10.2. The Balaban J connectivity index is 1.93. The summed E-state index contributed by atoms with van der Waals surface area (Å²) in [5, 5.41) is 6.13. The van der Waals surface area contributed by atoms with Crippen molar-refractivity contribution in [2.24, 2.45) is 7.05 Å². The third-order valence-electron chi connectivity index (χ3n) is 3.25. The molecule has 0 aromatic carbocycles. The molecule has 0 spiro atoms. The van der Waals surface area contributed by atoms with Crippen LogP contribution in [0.2, 0.25) is 0 Å². The highest BCUT2D eigenvalue weighted by molar-refractivity contribution is 7.92. The minimum atomic E-state index is -4.72. The number of anilines is 1. The van der Waals surface area contributed by atoms with Gasteiger partial charge in [-0.05, 0) is 18.8 Å². The Bertz CT molecular complexity index is 805. The topological polar surface area (TPSA) is 90.0 Å². The van der Waals surface area contributed by atoms with Crippen LogP contribution in [0.1, 0.15) is 30.0 Å². The van der Waals surface area contributed by atoms with Crippen LogP contribution in [0.15, 0.2) is 21.9 Å². The minimum Gasteiger partial charge on any atom is -0.362 e. The summed E-state index contributed by atoms with van der Waals surface area (Å²) in [5.74, 6) is 0.165. The molecule has 1 aliphatic carbocycles. The number of nitrogens with one attached hydrogen (secondary N) is 1. The predicted molar refractivity (Wildman–Crippen MR) is 67.5 cm³/mol. The summed E-state index contributed by atoms with van der Waals surface area (Å²) >= 11 is 0. The zero-order chi connectivity index (χ0) is 16.1. The lowest BCUT2D eigenvalue weighted by Crippen LogP contribution is -2.17. The van der Waals surface area contributed by atoms with E-state index in [1.807, 2.05) is 0 Å². The van der Waals surface area contributed by atoms with Crippen LogP contribution in [0, 0.1) is 0 Å². The van der Waals surface area contributed by atoms with E-state index in [1.165, 1.54) is 6.26 Å². The van der Waals surface area contributed by atoms with Gasteiger partial charge >= 0.3 is 6.18 Å². The number of rotatable bonds is 4. The van der Waals surface area contributed by atoms with Crippen molar-refractivity contribution in [3.63, 3.8) is 0 Å². The Morgan fingerprint density at radius 1 is 1.41 bits per heavy atom. The summed E-state index contributed by atoms with van der Waals surface area (Å²) in [6.45, 7) is 0. The molecule has 1 aliphatic rings. The summed E-state index contributed by atoms with van der Waals surface area (Å²) in [6.07, 6.45) is -1.61. The van der Waals surface area contributed by atoms with Crippen LogP contribution < -0.4 is 4.72 Å². The monoisotopic (exact) mass is 336 g/mol. The van der Waals surface area contributed by atoms with Crippen molar-refractivity contribution in [1.29, 1.82) is 0 Å². The van der Waals surface area contributed by atoms with E-state index in [0.29, 0.717) is 16.3 Å². The van der Waals surface area contributed by atoms with Gasteiger partial charge in [-0.1, -0.05) is 5.16 Å². The molecule has 0 radical (unpaired) electrons. The van der Waals surface area contributed by atoms with Crippen molar-refractivity contribution in [3.05, 3.63) is 23.6 Å². The highest BCUT2D eigenvalue weighted by Crippen LogP contribution is 2.43. The maximum absolute atomic E-state index is 12.6. The van der Waals surface area contributed by atoms with Gasteiger partial charge in [0.15, 0.2) is 16.5 Å². The third kappa shape index (κ3) is 2.67. The Morgan fingerprint density at radius 2 is 2.09 bits per heavy atom. The molecule has 0 unspecified atom stereocenters.